The third-order valence-electron chi connectivity index (χ3n) is 3.10. The molecule has 0 fully saturated rings. The molecule has 0 aliphatic heterocycles. The van der Waals surface area contributed by atoms with E-state index in [1.165, 1.54) is 11.1 Å². The minimum Gasteiger partial charge on any atom is -0.343 e. The monoisotopic (exact) mass is 336 g/mol. The van der Waals surface area contributed by atoms with Gasteiger partial charge >= 0.3 is 0 Å². The van der Waals surface area contributed by atoms with Gasteiger partial charge in [-0.15, -0.1) is 0 Å². The van der Waals surface area contributed by atoms with E-state index in [4.69, 9.17) is 12.2 Å². The third kappa shape index (κ3) is 3.12. The maximum Gasteiger partial charge on any atom is 0.139 e. The van der Waals surface area contributed by atoms with Crippen LogP contribution in [0.5, 0.6) is 0 Å². The van der Waals surface area contributed by atoms with Crippen molar-refractivity contribution >= 4 is 28.1 Å². The molecule has 1 aromatic carbocycles. The predicted octanol–water partition coefficient (Wildman–Crippen LogP) is 5.31. The summed E-state index contributed by atoms with van der Waals surface area (Å²) in [5, 5.41) is 0. The van der Waals surface area contributed by atoms with Crippen LogP contribution in [0.4, 0.5) is 0 Å². The Kier molecular flexibility index (Phi) is 4.21. The van der Waals surface area contributed by atoms with E-state index in [-0.39, 0.29) is 0 Å². The first-order valence-electron chi connectivity index (χ1n) is 6.27. The summed E-state index contributed by atoms with van der Waals surface area (Å²) in [6.07, 6.45) is 0. The van der Waals surface area contributed by atoms with Crippen molar-refractivity contribution in [2.75, 3.05) is 0 Å². The molecule has 2 nitrogen and oxygen atoms in total. The van der Waals surface area contributed by atoms with Gasteiger partial charge in [-0.3, -0.25) is 0 Å². The Morgan fingerprint density at radius 3 is 2.26 bits per heavy atom. The fraction of sp³-hybridized carbons (Fsp3) is 0.333. The van der Waals surface area contributed by atoms with Gasteiger partial charge in [-0.05, 0) is 49.1 Å². The van der Waals surface area contributed by atoms with Crippen molar-refractivity contribution in [2.45, 2.75) is 33.6 Å². The van der Waals surface area contributed by atoms with Crippen molar-refractivity contribution in [3.63, 3.8) is 0 Å². The van der Waals surface area contributed by atoms with Gasteiger partial charge in [0.25, 0.3) is 0 Å². The molecule has 19 heavy (non-hydrogen) atoms. The SMILES string of the molecule is Cc1cc(-c2nc(=S)cc(C(C)C)[nH]2)cc(C)c1Br. The molecule has 0 bridgehead atoms. The average Bonchev–Trinajstić information content (AvgIpc) is 2.34. The minimum absolute atomic E-state index is 0.404. The number of nitrogens with one attached hydrogen (secondary N) is 1. The number of aryl methyl sites for hydroxylation is 2. The fourth-order valence-corrected chi connectivity index (χ4v) is 2.45. The molecule has 1 aromatic heterocycles. The van der Waals surface area contributed by atoms with E-state index >= 15 is 0 Å². The van der Waals surface area contributed by atoms with E-state index in [1.807, 2.05) is 6.07 Å². The standard InChI is InChI=1S/C15H17BrN2S/c1-8(2)12-7-13(19)18-15(17-12)11-5-9(3)14(16)10(4)6-11/h5-8H,1-4H3,(H,17,18,19). The quantitative estimate of drug-likeness (QED) is 0.753. The van der Waals surface area contributed by atoms with Crippen LogP contribution in [0.15, 0.2) is 22.7 Å². The van der Waals surface area contributed by atoms with Gasteiger partial charge in [0.05, 0.1) is 0 Å². The first-order valence-corrected chi connectivity index (χ1v) is 7.47. The smallest absolute Gasteiger partial charge is 0.139 e. The van der Waals surface area contributed by atoms with Gasteiger partial charge in [-0.25, -0.2) is 4.98 Å². The molecule has 4 heteroatoms. The van der Waals surface area contributed by atoms with E-state index in [0.29, 0.717) is 10.6 Å². The van der Waals surface area contributed by atoms with Crippen molar-refractivity contribution in [2.24, 2.45) is 0 Å². The number of hydrogen-bond acceptors (Lipinski definition) is 2. The summed E-state index contributed by atoms with van der Waals surface area (Å²) >= 11 is 8.84. The largest absolute Gasteiger partial charge is 0.343 e. The highest BCUT2D eigenvalue weighted by Crippen LogP contribution is 2.27. The van der Waals surface area contributed by atoms with E-state index in [9.17, 15) is 0 Å². The van der Waals surface area contributed by atoms with Crippen LogP contribution in [-0.4, -0.2) is 9.97 Å². The molecule has 0 aliphatic rings. The highest BCUT2D eigenvalue weighted by molar-refractivity contribution is 9.10. The number of aromatic nitrogens is 2. The van der Waals surface area contributed by atoms with Gasteiger partial charge in [0, 0.05) is 15.7 Å². The maximum absolute atomic E-state index is 5.26. The molecule has 100 valence electrons. The average molecular weight is 337 g/mol. The van der Waals surface area contributed by atoms with Crippen molar-refractivity contribution in [1.82, 2.24) is 9.97 Å². The van der Waals surface area contributed by atoms with Crippen LogP contribution in [0.1, 0.15) is 36.6 Å². The van der Waals surface area contributed by atoms with Crippen molar-refractivity contribution in [3.05, 3.63) is 44.1 Å². The molecule has 0 aliphatic carbocycles. The summed E-state index contributed by atoms with van der Waals surface area (Å²) in [4.78, 5) is 7.82. The number of nitrogens with zero attached hydrogens (tertiary/aromatic N) is 1. The number of rotatable bonds is 2. The second kappa shape index (κ2) is 5.55. The van der Waals surface area contributed by atoms with Crippen LogP contribution in [0.2, 0.25) is 0 Å². The Balaban J connectivity index is 2.62. The van der Waals surface area contributed by atoms with E-state index in [2.05, 4.69) is 65.7 Å². The molecule has 1 heterocycles. The second-order valence-corrected chi connectivity index (χ2v) is 6.31. The number of hydrogen-bond donors (Lipinski definition) is 1. The van der Waals surface area contributed by atoms with E-state index < -0.39 is 0 Å². The van der Waals surface area contributed by atoms with Crippen molar-refractivity contribution in [1.29, 1.82) is 0 Å². The lowest BCUT2D eigenvalue weighted by Gasteiger charge is -2.11. The molecule has 2 rings (SSSR count). The summed E-state index contributed by atoms with van der Waals surface area (Å²) in [5.74, 6) is 1.25. The van der Waals surface area contributed by atoms with Crippen LogP contribution in [0.3, 0.4) is 0 Å². The first-order chi connectivity index (χ1) is 8.88. The van der Waals surface area contributed by atoms with Crippen LogP contribution >= 0.6 is 28.1 Å². The van der Waals surface area contributed by atoms with Crippen LogP contribution < -0.4 is 0 Å². The zero-order valence-electron chi connectivity index (χ0n) is 11.5. The van der Waals surface area contributed by atoms with Crippen LogP contribution in [-0.2, 0) is 0 Å². The Hall–Kier alpha value is -1.00. The molecular weight excluding hydrogens is 320 g/mol. The summed E-state index contributed by atoms with van der Waals surface area (Å²) in [7, 11) is 0. The summed E-state index contributed by atoms with van der Waals surface area (Å²) < 4.78 is 1.78. The summed E-state index contributed by atoms with van der Waals surface area (Å²) in [6, 6.07) is 6.17. The van der Waals surface area contributed by atoms with E-state index in [0.717, 1.165) is 21.6 Å². The molecule has 2 aromatic rings. The van der Waals surface area contributed by atoms with Gasteiger partial charge in [0.1, 0.15) is 10.5 Å². The van der Waals surface area contributed by atoms with Gasteiger partial charge in [0.2, 0.25) is 0 Å². The third-order valence-corrected chi connectivity index (χ3v) is 4.56. The topological polar surface area (TPSA) is 28.7 Å². The van der Waals surface area contributed by atoms with Crippen molar-refractivity contribution < 1.29 is 0 Å². The normalized spacial score (nSPS) is 11.1. The molecule has 0 radical (unpaired) electrons. The lowest BCUT2D eigenvalue weighted by Crippen LogP contribution is -1.98. The van der Waals surface area contributed by atoms with Crippen LogP contribution in [0, 0.1) is 18.5 Å². The highest BCUT2D eigenvalue weighted by Gasteiger charge is 2.08. The molecule has 1 N–H and O–H groups in total. The lowest BCUT2D eigenvalue weighted by atomic mass is 10.1. The highest BCUT2D eigenvalue weighted by atomic mass is 79.9. The summed E-state index contributed by atoms with van der Waals surface area (Å²) in [6.45, 7) is 8.45. The lowest BCUT2D eigenvalue weighted by molar-refractivity contribution is 0.815. The molecule has 0 saturated carbocycles. The van der Waals surface area contributed by atoms with Crippen molar-refractivity contribution in [3.8, 4) is 11.4 Å². The zero-order chi connectivity index (χ0) is 14.2. The Morgan fingerprint density at radius 2 is 1.74 bits per heavy atom. The van der Waals surface area contributed by atoms with Gasteiger partial charge in [0.15, 0.2) is 0 Å². The van der Waals surface area contributed by atoms with Crippen LogP contribution in [0.25, 0.3) is 11.4 Å². The number of benzene rings is 1. The molecule has 0 spiro atoms. The second-order valence-electron chi connectivity index (χ2n) is 5.10. The number of aromatic amines is 1. The van der Waals surface area contributed by atoms with Gasteiger partial charge < -0.3 is 4.98 Å². The van der Waals surface area contributed by atoms with Gasteiger partial charge in [-0.1, -0.05) is 42.0 Å². The Morgan fingerprint density at radius 1 is 1.16 bits per heavy atom. The summed E-state index contributed by atoms with van der Waals surface area (Å²) in [5.41, 5.74) is 4.59. The molecular formula is C15H17BrN2S. The Bertz CT molecular complexity index is 651. The Labute approximate surface area is 127 Å². The maximum atomic E-state index is 5.26. The van der Waals surface area contributed by atoms with Gasteiger partial charge in [-0.2, -0.15) is 0 Å². The molecule has 0 unspecified atom stereocenters. The minimum atomic E-state index is 0.404. The fourth-order valence-electron chi connectivity index (χ4n) is 2.01. The van der Waals surface area contributed by atoms with E-state index in [1.54, 1.807) is 0 Å². The predicted molar refractivity (Wildman–Crippen MR) is 86.1 cm³/mol. The molecule has 0 atom stereocenters. The zero-order valence-corrected chi connectivity index (χ0v) is 13.9. The molecule has 0 saturated heterocycles. The first kappa shape index (κ1) is 14.4. The molecule has 0 amide bonds. The number of H-pyrrole nitrogens is 1. The number of halogens is 1.